The lowest BCUT2D eigenvalue weighted by molar-refractivity contribution is 0.304. The molecule has 0 amide bonds. The molecule has 0 radical (unpaired) electrons. The summed E-state index contributed by atoms with van der Waals surface area (Å²) in [5, 5.41) is 2.26. The number of alkyl halides is 1. The van der Waals surface area contributed by atoms with Gasteiger partial charge in [0.05, 0.1) is 13.2 Å². The summed E-state index contributed by atoms with van der Waals surface area (Å²) >= 11 is 5.69. The molecule has 0 unspecified atom stereocenters. The minimum Gasteiger partial charge on any atom is -0.493 e. The van der Waals surface area contributed by atoms with Crippen molar-refractivity contribution in [3.63, 3.8) is 0 Å². The van der Waals surface area contributed by atoms with Crippen LogP contribution in [0.4, 0.5) is 0 Å². The second-order valence-corrected chi connectivity index (χ2v) is 6.14. The summed E-state index contributed by atoms with van der Waals surface area (Å²) in [5.74, 6) is 2.65. The zero-order chi connectivity index (χ0) is 16.3. The van der Waals surface area contributed by atoms with E-state index in [0.29, 0.717) is 0 Å². The van der Waals surface area contributed by atoms with Gasteiger partial charge in [-0.15, -0.1) is 11.6 Å². The Morgan fingerprint density at radius 2 is 1.30 bits per heavy atom. The normalized spacial score (nSPS) is 10.9. The number of benzene rings is 2. The molecule has 0 aliphatic heterocycles. The van der Waals surface area contributed by atoms with Crippen molar-refractivity contribution < 1.29 is 9.47 Å². The number of hydrogen-bond acceptors (Lipinski definition) is 2. The molecule has 2 aromatic carbocycles. The number of unbranched alkanes of at least 4 members (excludes halogenated alkanes) is 4. The van der Waals surface area contributed by atoms with Crippen LogP contribution in [0.2, 0.25) is 0 Å². The molecule has 0 heterocycles. The predicted molar refractivity (Wildman–Crippen MR) is 99.0 cm³/mol. The summed E-state index contributed by atoms with van der Waals surface area (Å²) in [4.78, 5) is 0. The van der Waals surface area contributed by atoms with Gasteiger partial charge in [0.2, 0.25) is 0 Å². The van der Waals surface area contributed by atoms with Gasteiger partial charge in [0, 0.05) is 16.7 Å². The van der Waals surface area contributed by atoms with Gasteiger partial charge < -0.3 is 9.47 Å². The van der Waals surface area contributed by atoms with Crippen LogP contribution in [-0.2, 0) is 0 Å². The number of fused-ring (bicyclic) bond motifs is 1. The molecular weight excluding hydrogens is 308 g/mol. The third-order valence-corrected chi connectivity index (χ3v) is 4.15. The van der Waals surface area contributed by atoms with E-state index in [4.69, 9.17) is 21.1 Å². The minimum atomic E-state index is 0.752. The van der Waals surface area contributed by atoms with Crippen molar-refractivity contribution in [3.05, 3.63) is 36.4 Å². The molecule has 23 heavy (non-hydrogen) atoms. The molecular formula is C20H27ClO2. The summed E-state index contributed by atoms with van der Waals surface area (Å²) in [6.07, 6.45) is 6.73. The quantitative estimate of drug-likeness (QED) is 0.360. The molecule has 0 aromatic heterocycles. The Labute approximate surface area is 144 Å². The molecule has 126 valence electrons. The fraction of sp³-hybridized carbons (Fsp3) is 0.500. The topological polar surface area (TPSA) is 18.5 Å². The smallest absolute Gasteiger partial charge is 0.127 e. The molecule has 0 bridgehead atoms. The van der Waals surface area contributed by atoms with Crippen LogP contribution in [0.1, 0.15) is 45.4 Å². The van der Waals surface area contributed by atoms with E-state index in [0.717, 1.165) is 67.0 Å². The fourth-order valence-electron chi connectivity index (χ4n) is 2.55. The van der Waals surface area contributed by atoms with Crippen molar-refractivity contribution in [3.8, 4) is 11.5 Å². The summed E-state index contributed by atoms with van der Waals surface area (Å²) in [7, 11) is 0. The van der Waals surface area contributed by atoms with Gasteiger partial charge >= 0.3 is 0 Å². The molecule has 0 N–H and O–H groups in total. The number of rotatable bonds is 11. The lowest BCUT2D eigenvalue weighted by Gasteiger charge is -2.13. The molecule has 0 aliphatic carbocycles. The summed E-state index contributed by atoms with van der Waals surface area (Å²) in [6.45, 7) is 3.69. The van der Waals surface area contributed by atoms with E-state index < -0.39 is 0 Å². The molecule has 2 rings (SSSR count). The van der Waals surface area contributed by atoms with E-state index in [1.165, 1.54) is 12.8 Å². The van der Waals surface area contributed by atoms with Crippen LogP contribution in [-0.4, -0.2) is 19.1 Å². The highest BCUT2D eigenvalue weighted by atomic mass is 35.5. The Hall–Kier alpha value is -1.41. The number of hydrogen-bond donors (Lipinski definition) is 0. The van der Waals surface area contributed by atoms with Gasteiger partial charge in [-0.05, 0) is 31.4 Å². The predicted octanol–water partition coefficient (Wildman–Crippen LogP) is 6.20. The summed E-state index contributed by atoms with van der Waals surface area (Å²) in [6, 6.07) is 12.4. The molecule has 0 saturated heterocycles. The monoisotopic (exact) mass is 334 g/mol. The van der Waals surface area contributed by atoms with Gasteiger partial charge in [0.1, 0.15) is 11.5 Å². The lowest BCUT2D eigenvalue weighted by Crippen LogP contribution is -2.00. The Bertz CT molecular complexity index is 583. The summed E-state index contributed by atoms with van der Waals surface area (Å²) in [5.41, 5.74) is 0. The summed E-state index contributed by atoms with van der Waals surface area (Å²) < 4.78 is 11.9. The zero-order valence-electron chi connectivity index (χ0n) is 14.0. The molecule has 0 fully saturated rings. The number of halogens is 1. The zero-order valence-corrected chi connectivity index (χ0v) is 14.8. The van der Waals surface area contributed by atoms with Crippen molar-refractivity contribution in [2.45, 2.75) is 45.4 Å². The van der Waals surface area contributed by atoms with Crippen molar-refractivity contribution in [2.75, 3.05) is 19.1 Å². The highest BCUT2D eigenvalue weighted by Crippen LogP contribution is 2.33. The molecule has 2 nitrogen and oxygen atoms in total. The Morgan fingerprint density at radius 3 is 1.87 bits per heavy atom. The van der Waals surface area contributed by atoms with Crippen LogP contribution in [0.3, 0.4) is 0 Å². The largest absolute Gasteiger partial charge is 0.493 e. The Balaban J connectivity index is 1.99. The molecule has 0 atom stereocenters. The van der Waals surface area contributed by atoms with Gasteiger partial charge in [0.15, 0.2) is 0 Å². The Morgan fingerprint density at radius 1 is 0.739 bits per heavy atom. The molecule has 0 saturated carbocycles. The van der Waals surface area contributed by atoms with Gasteiger partial charge in [0.25, 0.3) is 0 Å². The minimum absolute atomic E-state index is 0.752. The third kappa shape index (κ3) is 5.62. The second kappa shape index (κ2) is 10.4. The van der Waals surface area contributed by atoms with Gasteiger partial charge in [-0.25, -0.2) is 0 Å². The van der Waals surface area contributed by atoms with Crippen LogP contribution >= 0.6 is 11.6 Å². The highest BCUT2D eigenvalue weighted by Gasteiger charge is 2.07. The third-order valence-electron chi connectivity index (χ3n) is 3.89. The van der Waals surface area contributed by atoms with E-state index in [2.05, 4.69) is 19.1 Å². The second-order valence-electron chi connectivity index (χ2n) is 5.76. The van der Waals surface area contributed by atoms with E-state index >= 15 is 0 Å². The maximum absolute atomic E-state index is 5.99. The highest BCUT2D eigenvalue weighted by molar-refractivity contribution is 6.17. The Kier molecular flexibility index (Phi) is 8.10. The first-order chi connectivity index (χ1) is 11.4. The van der Waals surface area contributed by atoms with Crippen molar-refractivity contribution >= 4 is 22.4 Å². The fourth-order valence-corrected chi connectivity index (χ4v) is 2.74. The van der Waals surface area contributed by atoms with E-state index in [9.17, 15) is 0 Å². The van der Waals surface area contributed by atoms with Crippen LogP contribution in [0.15, 0.2) is 36.4 Å². The first-order valence-corrected chi connectivity index (χ1v) is 9.23. The van der Waals surface area contributed by atoms with E-state index in [1.54, 1.807) is 0 Å². The van der Waals surface area contributed by atoms with E-state index in [1.807, 2.05) is 24.3 Å². The van der Waals surface area contributed by atoms with Gasteiger partial charge in [-0.1, -0.05) is 50.5 Å². The van der Waals surface area contributed by atoms with Crippen LogP contribution < -0.4 is 9.47 Å². The lowest BCUT2D eigenvalue weighted by atomic mass is 10.1. The maximum Gasteiger partial charge on any atom is 0.127 e. The molecule has 0 spiro atoms. The van der Waals surface area contributed by atoms with Gasteiger partial charge in [-0.2, -0.15) is 0 Å². The standard InChI is InChI=1S/C20H27ClO2/c1-2-3-15-22-19-12-13-20(18-11-7-6-10-17(18)19)23-16-9-5-4-8-14-21/h6-7,10-13H,2-5,8-9,14-16H2,1H3. The first kappa shape index (κ1) is 17.9. The first-order valence-electron chi connectivity index (χ1n) is 8.70. The van der Waals surface area contributed by atoms with Crippen molar-refractivity contribution in [1.29, 1.82) is 0 Å². The molecule has 0 aliphatic rings. The molecule has 3 heteroatoms. The van der Waals surface area contributed by atoms with Crippen LogP contribution in [0, 0.1) is 0 Å². The number of ether oxygens (including phenoxy) is 2. The molecule has 2 aromatic rings. The van der Waals surface area contributed by atoms with Crippen LogP contribution in [0.25, 0.3) is 10.8 Å². The van der Waals surface area contributed by atoms with E-state index in [-0.39, 0.29) is 0 Å². The van der Waals surface area contributed by atoms with Crippen LogP contribution in [0.5, 0.6) is 11.5 Å². The van der Waals surface area contributed by atoms with Crippen molar-refractivity contribution in [1.82, 2.24) is 0 Å². The average molecular weight is 335 g/mol. The average Bonchev–Trinajstić information content (AvgIpc) is 2.59. The SMILES string of the molecule is CCCCOc1ccc(OCCCCCCCl)c2ccccc12. The van der Waals surface area contributed by atoms with Gasteiger partial charge in [-0.3, -0.25) is 0 Å². The maximum atomic E-state index is 5.99. The van der Waals surface area contributed by atoms with Crippen molar-refractivity contribution in [2.24, 2.45) is 0 Å².